The fourth-order valence-corrected chi connectivity index (χ4v) is 3.59. The fourth-order valence-electron chi connectivity index (χ4n) is 2.47. The largest absolute Gasteiger partial charge is 0.480 e. The lowest BCUT2D eigenvalue weighted by Gasteiger charge is -2.19. The molecule has 0 aliphatic heterocycles. The van der Waals surface area contributed by atoms with Crippen LogP contribution in [0.2, 0.25) is 0 Å². The molecule has 1 aromatic heterocycles. The summed E-state index contributed by atoms with van der Waals surface area (Å²) in [7, 11) is 0. The normalized spacial score (nSPS) is 19.2. The molecule has 1 heterocycles. The number of aliphatic hydroxyl groups is 1. The van der Waals surface area contributed by atoms with Crippen molar-refractivity contribution in [2.75, 3.05) is 6.61 Å². The van der Waals surface area contributed by atoms with Gasteiger partial charge in [0.2, 0.25) is 0 Å². The van der Waals surface area contributed by atoms with Crippen LogP contribution in [0.3, 0.4) is 0 Å². The van der Waals surface area contributed by atoms with Crippen LogP contribution in [0.4, 0.5) is 0 Å². The number of rotatable bonds is 5. The van der Waals surface area contributed by atoms with Crippen molar-refractivity contribution < 1.29 is 19.8 Å². The van der Waals surface area contributed by atoms with Gasteiger partial charge in [-0.3, -0.25) is 4.79 Å². The summed E-state index contributed by atoms with van der Waals surface area (Å²) in [5.74, 6) is -0.968. The van der Waals surface area contributed by atoms with E-state index in [4.69, 9.17) is 10.2 Å². The van der Waals surface area contributed by atoms with E-state index in [1.165, 1.54) is 21.8 Å². The Morgan fingerprint density at radius 3 is 2.90 bits per heavy atom. The number of carboxylic acid groups (broad SMARTS) is 1. The lowest BCUT2D eigenvalue weighted by molar-refractivity contribution is -0.140. The Morgan fingerprint density at radius 1 is 1.55 bits per heavy atom. The van der Waals surface area contributed by atoms with E-state index >= 15 is 0 Å². The number of thiophene rings is 1. The minimum atomic E-state index is -1.25. The minimum absolute atomic E-state index is 0.418. The number of fused-ring (bicyclic) bond motifs is 1. The van der Waals surface area contributed by atoms with Gasteiger partial charge in [0.05, 0.1) is 11.5 Å². The van der Waals surface area contributed by atoms with Crippen LogP contribution in [-0.2, 0) is 17.6 Å². The number of amides is 1. The Bertz CT molecular complexity index is 511. The summed E-state index contributed by atoms with van der Waals surface area (Å²) in [5.41, 5.74) is 1.22. The fraction of sp³-hybridized carbons (Fsp3) is 0.571. The highest BCUT2D eigenvalue weighted by molar-refractivity contribution is 7.14. The second-order valence-electron chi connectivity index (χ2n) is 5.12. The number of carbonyl (C=O) groups excluding carboxylic acids is 1. The zero-order valence-corrected chi connectivity index (χ0v) is 12.2. The van der Waals surface area contributed by atoms with Crippen molar-refractivity contribution in [1.82, 2.24) is 5.32 Å². The van der Waals surface area contributed by atoms with Crippen LogP contribution in [0, 0.1) is 5.92 Å². The number of carbonyl (C=O) groups is 2. The van der Waals surface area contributed by atoms with Crippen LogP contribution < -0.4 is 5.32 Å². The second kappa shape index (κ2) is 6.37. The molecule has 2 unspecified atom stereocenters. The van der Waals surface area contributed by atoms with E-state index in [2.05, 4.69) is 12.2 Å². The Balaban J connectivity index is 2.09. The van der Waals surface area contributed by atoms with Crippen molar-refractivity contribution in [3.05, 3.63) is 21.4 Å². The first-order valence-electron chi connectivity index (χ1n) is 6.81. The Hall–Kier alpha value is -1.40. The molecule has 110 valence electrons. The van der Waals surface area contributed by atoms with E-state index < -0.39 is 24.5 Å². The molecule has 0 saturated heterocycles. The summed E-state index contributed by atoms with van der Waals surface area (Å²) in [6, 6.07) is 0.623. The van der Waals surface area contributed by atoms with Gasteiger partial charge in [-0.15, -0.1) is 11.3 Å². The summed E-state index contributed by atoms with van der Waals surface area (Å²) in [6.45, 7) is 1.57. The zero-order valence-electron chi connectivity index (χ0n) is 11.4. The van der Waals surface area contributed by atoms with E-state index in [9.17, 15) is 9.59 Å². The van der Waals surface area contributed by atoms with Crippen LogP contribution in [0.25, 0.3) is 0 Å². The predicted octanol–water partition coefficient (Wildman–Crippen LogP) is 1.44. The summed E-state index contributed by atoms with van der Waals surface area (Å²) in [4.78, 5) is 24.6. The van der Waals surface area contributed by atoms with Crippen molar-refractivity contribution in [3.8, 4) is 0 Å². The molecule has 3 N–H and O–H groups in total. The SMILES string of the molecule is CCC1CCc2sc(C(=O)NC(CO)C(=O)O)cc2C1. The Morgan fingerprint density at radius 2 is 2.30 bits per heavy atom. The molecule has 0 fully saturated rings. The van der Waals surface area contributed by atoms with Crippen LogP contribution in [0.5, 0.6) is 0 Å². The van der Waals surface area contributed by atoms with Crippen LogP contribution in [0.15, 0.2) is 6.07 Å². The quantitative estimate of drug-likeness (QED) is 0.767. The lowest BCUT2D eigenvalue weighted by Crippen LogP contribution is -2.43. The first-order chi connectivity index (χ1) is 9.55. The molecule has 1 amide bonds. The molecule has 1 aliphatic carbocycles. The maximum atomic E-state index is 12.0. The molecular formula is C14H19NO4S. The van der Waals surface area contributed by atoms with Crippen molar-refractivity contribution in [2.24, 2.45) is 5.92 Å². The number of aliphatic hydroxyl groups excluding tert-OH is 1. The van der Waals surface area contributed by atoms with Crippen molar-refractivity contribution >= 4 is 23.2 Å². The van der Waals surface area contributed by atoms with E-state index in [1.807, 2.05) is 6.07 Å². The van der Waals surface area contributed by atoms with Crippen molar-refractivity contribution in [3.63, 3.8) is 0 Å². The summed E-state index contributed by atoms with van der Waals surface area (Å²) >= 11 is 1.43. The van der Waals surface area contributed by atoms with Gasteiger partial charge in [-0.05, 0) is 36.8 Å². The molecule has 6 heteroatoms. The van der Waals surface area contributed by atoms with Crippen LogP contribution in [-0.4, -0.2) is 34.7 Å². The molecule has 0 spiro atoms. The van der Waals surface area contributed by atoms with Gasteiger partial charge in [0.1, 0.15) is 0 Å². The van der Waals surface area contributed by atoms with Gasteiger partial charge in [-0.25, -0.2) is 4.79 Å². The number of carboxylic acids is 1. The maximum absolute atomic E-state index is 12.0. The van der Waals surface area contributed by atoms with Gasteiger partial charge in [-0.1, -0.05) is 13.3 Å². The van der Waals surface area contributed by atoms with E-state index in [0.29, 0.717) is 10.8 Å². The third kappa shape index (κ3) is 3.19. The second-order valence-corrected chi connectivity index (χ2v) is 6.26. The van der Waals surface area contributed by atoms with Gasteiger partial charge < -0.3 is 15.5 Å². The average molecular weight is 297 g/mol. The number of hydrogen-bond acceptors (Lipinski definition) is 4. The molecule has 20 heavy (non-hydrogen) atoms. The molecule has 2 atom stereocenters. The van der Waals surface area contributed by atoms with Crippen molar-refractivity contribution in [1.29, 1.82) is 0 Å². The first-order valence-corrected chi connectivity index (χ1v) is 7.62. The van der Waals surface area contributed by atoms with E-state index in [0.717, 1.165) is 25.7 Å². The molecule has 1 aliphatic rings. The molecule has 0 aromatic carbocycles. The highest BCUT2D eigenvalue weighted by Gasteiger charge is 2.24. The summed E-state index contributed by atoms with van der Waals surface area (Å²) < 4.78 is 0. The molecule has 0 saturated carbocycles. The van der Waals surface area contributed by atoms with Gasteiger partial charge in [-0.2, -0.15) is 0 Å². The molecule has 0 bridgehead atoms. The monoisotopic (exact) mass is 297 g/mol. The van der Waals surface area contributed by atoms with Crippen LogP contribution >= 0.6 is 11.3 Å². The molecule has 5 nitrogen and oxygen atoms in total. The highest BCUT2D eigenvalue weighted by atomic mass is 32.1. The first kappa shape index (κ1) is 15.0. The zero-order chi connectivity index (χ0) is 14.7. The lowest BCUT2D eigenvalue weighted by atomic mass is 9.87. The average Bonchev–Trinajstić information content (AvgIpc) is 2.86. The number of nitrogens with one attached hydrogen (secondary N) is 1. The van der Waals surface area contributed by atoms with Crippen molar-refractivity contribution in [2.45, 2.75) is 38.6 Å². The van der Waals surface area contributed by atoms with Gasteiger partial charge in [0.25, 0.3) is 5.91 Å². The third-order valence-electron chi connectivity index (χ3n) is 3.77. The minimum Gasteiger partial charge on any atom is -0.480 e. The van der Waals surface area contributed by atoms with Gasteiger partial charge in [0, 0.05) is 4.88 Å². The topological polar surface area (TPSA) is 86.6 Å². The highest BCUT2D eigenvalue weighted by Crippen LogP contribution is 2.33. The number of aliphatic carboxylic acids is 1. The standard InChI is InChI=1S/C14H19NO4S/c1-2-8-3-4-11-9(5-8)6-12(20-11)13(17)15-10(7-16)14(18)19/h6,8,10,16H,2-5,7H2,1H3,(H,15,17)(H,18,19). The molecule has 0 radical (unpaired) electrons. The summed E-state index contributed by atoms with van der Waals surface area (Å²) in [5, 5.41) is 20.1. The molecule has 2 rings (SSSR count). The smallest absolute Gasteiger partial charge is 0.328 e. The predicted molar refractivity (Wildman–Crippen MR) is 76.1 cm³/mol. The van der Waals surface area contributed by atoms with Gasteiger partial charge >= 0.3 is 5.97 Å². The Kier molecular flexibility index (Phi) is 4.77. The molecule has 1 aromatic rings. The van der Waals surface area contributed by atoms with Gasteiger partial charge in [0.15, 0.2) is 6.04 Å². The number of aryl methyl sites for hydroxylation is 1. The van der Waals surface area contributed by atoms with E-state index in [-0.39, 0.29) is 0 Å². The van der Waals surface area contributed by atoms with E-state index in [1.54, 1.807) is 0 Å². The maximum Gasteiger partial charge on any atom is 0.328 e. The third-order valence-corrected chi connectivity index (χ3v) is 5.01. The van der Waals surface area contributed by atoms with Crippen LogP contribution in [0.1, 0.15) is 39.9 Å². The summed E-state index contributed by atoms with van der Waals surface area (Å²) in [6.07, 6.45) is 4.29. The Labute approximate surface area is 121 Å². The number of hydrogen-bond donors (Lipinski definition) is 3. The molecular weight excluding hydrogens is 278 g/mol.